The third-order valence-electron chi connectivity index (χ3n) is 5.15. The number of hydrogen-bond donors (Lipinski definition) is 0. The monoisotopic (exact) mass is 589 g/mol. The molecule has 0 aliphatic heterocycles. The van der Waals surface area contributed by atoms with Crippen LogP contribution in [0.1, 0.15) is 29.1 Å². The van der Waals surface area contributed by atoms with Gasteiger partial charge in [-0.05, 0) is 61.7 Å². The van der Waals surface area contributed by atoms with E-state index in [1.807, 2.05) is 0 Å². The molecule has 1 unspecified atom stereocenters. The molecule has 0 saturated heterocycles. The molecule has 0 fully saturated rings. The number of esters is 2. The van der Waals surface area contributed by atoms with Crippen LogP contribution in [0.4, 0.5) is 14.5 Å². The van der Waals surface area contributed by atoms with E-state index in [9.17, 15) is 19.7 Å². The third kappa shape index (κ3) is 7.15. The van der Waals surface area contributed by atoms with E-state index in [0.717, 1.165) is 11.3 Å². The molecule has 3 aromatic carbocycles. The van der Waals surface area contributed by atoms with E-state index in [1.165, 1.54) is 60.7 Å². The second-order valence-electron chi connectivity index (χ2n) is 8.52. The molecule has 1 aromatic heterocycles. The highest BCUT2D eigenvalue weighted by Crippen LogP contribution is 2.60. The van der Waals surface area contributed by atoms with Crippen molar-refractivity contribution in [3.05, 3.63) is 99.4 Å². The Hall–Kier alpha value is -3.99. The van der Waals surface area contributed by atoms with E-state index in [0.29, 0.717) is 10.1 Å². The van der Waals surface area contributed by atoms with Crippen LogP contribution in [0.15, 0.2) is 78.9 Å². The highest BCUT2D eigenvalue weighted by Gasteiger charge is 2.47. The Morgan fingerprint density at radius 1 is 1.00 bits per heavy atom. The van der Waals surface area contributed by atoms with E-state index in [-0.39, 0.29) is 22.1 Å². The van der Waals surface area contributed by atoms with Crippen LogP contribution in [0.5, 0.6) is 11.5 Å². The van der Waals surface area contributed by atoms with Crippen molar-refractivity contribution in [2.24, 2.45) is 0 Å². The number of thiophene rings is 1. The van der Waals surface area contributed by atoms with Gasteiger partial charge in [0.05, 0.1) is 11.0 Å². The number of nitro groups is 1. The molecule has 0 amide bonds. The van der Waals surface area contributed by atoms with Crippen LogP contribution in [0, 0.1) is 10.1 Å². The van der Waals surface area contributed by atoms with E-state index in [4.69, 9.17) is 18.5 Å². The van der Waals surface area contributed by atoms with Crippen molar-refractivity contribution >= 4 is 47.4 Å². The number of nitro benzene ring substituents is 1. The summed E-state index contributed by atoms with van der Waals surface area (Å²) in [5, 5.41) is 11.2. The first-order chi connectivity index (χ1) is 19.0. The summed E-state index contributed by atoms with van der Waals surface area (Å²) in [6.07, 6.45) is -0.444. The Morgan fingerprint density at radius 2 is 1.70 bits per heavy atom. The first-order valence-electron chi connectivity index (χ1n) is 11.8. The van der Waals surface area contributed by atoms with Crippen LogP contribution in [0.25, 0.3) is 10.1 Å². The topological polar surface area (TPSA) is 114 Å². The first kappa shape index (κ1) is 29.0. The number of fused-ring (bicyclic) bond motifs is 1. The smallest absolute Gasteiger partial charge is 0.353 e. The number of carbonyl (C=O) groups excluding carboxylic acids is 2. The predicted octanol–water partition coefficient (Wildman–Crippen LogP) is 7.44. The Bertz CT molecular complexity index is 1510. The summed E-state index contributed by atoms with van der Waals surface area (Å²) in [6, 6.07) is 18.1. The lowest BCUT2D eigenvalue weighted by atomic mass is 10.1. The van der Waals surface area contributed by atoms with Crippen LogP contribution in [0.3, 0.4) is 0 Å². The van der Waals surface area contributed by atoms with Gasteiger partial charge in [0.1, 0.15) is 16.4 Å². The molecule has 0 N–H and O–H groups in total. The first-order valence-corrected chi connectivity index (χ1v) is 13.8. The fourth-order valence-corrected chi connectivity index (χ4v) is 5.51. The minimum atomic E-state index is -3.65. The van der Waals surface area contributed by atoms with E-state index in [1.54, 1.807) is 32.0 Å². The van der Waals surface area contributed by atoms with Gasteiger partial charge >= 0.3 is 26.0 Å². The van der Waals surface area contributed by atoms with Gasteiger partial charge in [0.25, 0.3) is 5.69 Å². The number of non-ortho nitro benzene ring substituents is 1. The lowest BCUT2D eigenvalue weighted by Gasteiger charge is -2.26. The highest BCUT2D eigenvalue weighted by molar-refractivity contribution is 7.48. The number of rotatable bonds is 11. The Balaban J connectivity index is 1.56. The Labute approximate surface area is 232 Å². The molecule has 4 rings (SSSR count). The van der Waals surface area contributed by atoms with Gasteiger partial charge in [-0.3, -0.25) is 10.1 Å². The molecule has 0 radical (unpaired) electrons. The molecule has 1 atom stereocenters. The fourth-order valence-electron chi connectivity index (χ4n) is 3.38. The summed E-state index contributed by atoms with van der Waals surface area (Å²) < 4.78 is 53.1. The molecule has 208 valence electrons. The van der Waals surface area contributed by atoms with E-state index < -0.39 is 49.2 Å². The molecule has 0 aliphatic carbocycles. The number of nitrogens with zero attached hydrogens (tertiary/aromatic N) is 1. The van der Waals surface area contributed by atoms with Crippen molar-refractivity contribution in [2.45, 2.75) is 25.6 Å². The SMILES string of the molecule is CC(C)OC(=O)COP(Oc1ccccc1)C(F)(F)c1ccc2sc(C(=O)Oc3ccc([N+](=O)[O-])cc3)cc2c1. The molecule has 9 nitrogen and oxygen atoms in total. The average Bonchev–Trinajstić information content (AvgIpc) is 3.35. The van der Waals surface area contributed by atoms with Crippen molar-refractivity contribution in [3.8, 4) is 11.5 Å². The number of ether oxygens (including phenoxy) is 2. The van der Waals surface area contributed by atoms with Gasteiger partial charge in [-0.1, -0.05) is 24.3 Å². The maximum atomic E-state index is 15.8. The van der Waals surface area contributed by atoms with Crippen molar-refractivity contribution in [1.29, 1.82) is 0 Å². The zero-order valence-corrected chi connectivity index (χ0v) is 22.8. The van der Waals surface area contributed by atoms with Crippen molar-refractivity contribution in [3.63, 3.8) is 0 Å². The van der Waals surface area contributed by atoms with Crippen molar-refractivity contribution in [2.75, 3.05) is 6.61 Å². The number of carbonyl (C=O) groups is 2. The van der Waals surface area contributed by atoms with Gasteiger partial charge in [-0.25, -0.2) is 9.59 Å². The van der Waals surface area contributed by atoms with E-state index >= 15 is 8.78 Å². The van der Waals surface area contributed by atoms with Crippen LogP contribution >= 0.6 is 19.7 Å². The maximum Gasteiger partial charge on any atom is 0.353 e. The molecule has 1 heterocycles. The van der Waals surface area contributed by atoms with Crippen LogP contribution in [-0.2, 0) is 19.7 Å². The molecule has 0 saturated carbocycles. The number of alkyl halides is 2. The van der Waals surface area contributed by atoms with Crippen molar-refractivity contribution in [1.82, 2.24) is 0 Å². The number of benzene rings is 3. The molecule has 13 heteroatoms. The van der Waals surface area contributed by atoms with Crippen LogP contribution in [0.2, 0.25) is 0 Å². The van der Waals surface area contributed by atoms with Crippen molar-refractivity contribution < 1.29 is 41.8 Å². The molecule has 0 aliphatic rings. The fraction of sp³-hybridized carbons (Fsp3) is 0.185. The highest BCUT2D eigenvalue weighted by atomic mass is 32.1. The number of hydrogen-bond acceptors (Lipinski definition) is 9. The zero-order valence-electron chi connectivity index (χ0n) is 21.1. The summed E-state index contributed by atoms with van der Waals surface area (Å²) in [5.41, 5.74) is -4.25. The molecular weight excluding hydrogens is 567 g/mol. The molecular formula is C27H22F2NO8PS. The summed E-state index contributed by atoms with van der Waals surface area (Å²) in [4.78, 5) is 35.0. The van der Waals surface area contributed by atoms with Gasteiger partial charge < -0.3 is 18.5 Å². The van der Waals surface area contributed by atoms with E-state index in [2.05, 4.69) is 0 Å². The minimum Gasteiger partial charge on any atom is -0.461 e. The lowest BCUT2D eigenvalue weighted by Crippen LogP contribution is -2.21. The summed E-state index contributed by atoms with van der Waals surface area (Å²) >= 11 is 1.04. The average molecular weight is 590 g/mol. The van der Waals surface area contributed by atoms with Gasteiger partial charge in [0.2, 0.25) is 0 Å². The van der Waals surface area contributed by atoms with Gasteiger partial charge in [-0.2, -0.15) is 8.78 Å². The normalized spacial score (nSPS) is 12.2. The quantitative estimate of drug-likeness (QED) is 0.0583. The zero-order chi connectivity index (χ0) is 28.9. The number of halogens is 2. The molecule has 40 heavy (non-hydrogen) atoms. The van der Waals surface area contributed by atoms with Crippen LogP contribution in [-0.4, -0.2) is 29.6 Å². The van der Waals surface area contributed by atoms with Gasteiger partial charge in [0, 0.05) is 22.4 Å². The largest absolute Gasteiger partial charge is 0.461 e. The summed E-state index contributed by atoms with van der Waals surface area (Å²) in [6.45, 7) is 2.52. The minimum absolute atomic E-state index is 0.0946. The number of para-hydroxylation sites is 1. The molecule has 4 aromatic rings. The predicted molar refractivity (Wildman–Crippen MR) is 145 cm³/mol. The van der Waals surface area contributed by atoms with Gasteiger partial charge in [0.15, 0.2) is 6.61 Å². The third-order valence-corrected chi connectivity index (χ3v) is 7.70. The summed E-state index contributed by atoms with van der Waals surface area (Å²) in [7, 11) is -2.99. The summed E-state index contributed by atoms with van der Waals surface area (Å²) in [5.74, 6) is -1.32. The lowest BCUT2D eigenvalue weighted by molar-refractivity contribution is -0.384. The maximum absolute atomic E-state index is 15.8. The van der Waals surface area contributed by atoms with Crippen LogP contribution < -0.4 is 9.26 Å². The molecule has 0 bridgehead atoms. The standard InChI is InChI=1S/C27H22F2NO8PS/c1-17(2)36-25(31)16-35-39(38-22-6-4-3-5-7-22)27(28,29)19-8-13-23-18(14-19)15-24(40-23)26(32)37-21-11-9-20(10-12-21)30(33)34/h3-15,17H,16H2,1-2H3. The second-order valence-corrected chi connectivity index (χ2v) is 11.1. The second kappa shape index (κ2) is 12.5. The molecule has 0 spiro atoms. The van der Waals surface area contributed by atoms with Gasteiger partial charge in [-0.15, -0.1) is 11.3 Å². The Morgan fingerprint density at radius 3 is 2.35 bits per heavy atom. The Kier molecular flexibility index (Phi) is 9.03.